The summed E-state index contributed by atoms with van der Waals surface area (Å²) in [5.41, 5.74) is 4.76. The van der Waals surface area contributed by atoms with Crippen LogP contribution in [0.2, 0.25) is 0 Å². The number of nitrogens with zero attached hydrogens (tertiary/aromatic N) is 1. The fourth-order valence-electron chi connectivity index (χ4n) is 3.08. The fraction of sp³-hybridized carbons (Fsp3) is 0.318. The molecule has 0 aliphatic rings. The number of benzene rings is 2. The van der Waals surface area contributed by atoms with Crippen molar-refractivity contribution in [1.29, 1.82) is 0 Å². The van der Waals surface area contributed by atoms with E-state index >= 15 is 0 Å². The van der Waals surface area contributed by atoms with Gasteiger partial charge in [-0.3, -0.25) is 9.59 Å². The number of nitrogens with one attached hydrogen (secondary N) is 1. The summed E-state index contributed by atoms with van der Waals surface area (Å²) in [6.45, 7) is 9.18. The first-order chi connectivity index (χ1) is 13.2. The van der Waals surface area contributed by atoms with E-state index in [9.17, 15) is 14.4 Å². The molecule has 0 aliphatic heterocycles. The van der Waals surface area contributed by atoms with Gasteiger partial charge in [-0.2, -0.15) is 0 Å². The first-order valence-electron chi connectivity index (χ1n) is 9.16. The second-order valence-electron chi connectivity index (χ2n) is 6.69. The maximum atomic E-state index is 12.6. The highest BCUT2D eigenvalue weighted by Crippen LogP contribution is 2.22. The number of carbonyl (C=O) groups is 3. The molecule has 28 heavy (non-hydrogen) atoms. The van der Waals surface area contributed by atoms with Crippen molar-refractivity contribution in [3.63, 3.8) is 0 Å². The number of hydrogen-bond acceptors (Lipinski definition) is 4. The van der Waals surface area contributed by atoms with Crippen molar-refractivity contribution in [3.8, 4) is 0 Å². The lowest BCUT2D eigenvalue weighted by molar-refractivity contribution is -0.120. The van der Waals surface area contributed by atoms with Crippen LogP contribution in [0, 0.1) is 20.8 Å². The number of esters is 1. The van der Waals surface area contributed by atoms with E-state index < -0.39 is 5.97 Å². The number of aryl methyl sites for hydroxylation is 3. The van der Waals surface area contributed by atoms with Gasteiger partial charge < -0.3 is 15.0 Å². The minimum Gasteiger partial charge on any atom is -0.462 e. The second-order valence-corrected chi connectivity index (χ2v) is 6.69. The lowest BCUT2D eigenvalue weighted by Crippen LogP contribution is -2.36. The zero-order valence-electron chi connectivity index (χ0n) is 17.0. The van der Waals surface area contributed by atoms with Gasteiger partial charge in [-0.15, -0.1) is 0 Å². The summed E-state index contributed by atoms with van der Waals surface area (Å²) >= 11 is 0. The Kier molecular flexibility index (Phi) is 6.93. The van der Waals surface area contributed by atoms with Gasteiger partial charge in [0, 0.05) is 18.3 Å². The third kappa shape index (κ3) is 5.19. The van der Waals surface area contributed by atoms with Crippen molar-refractivity contribution in [1.82, 2.24) is 0 Å². The van der Waals surface area contributed by atoms with Crippen LogP contribution in [0.1, 0.15) is 40.9 Å². The predicted octanol–water partition coefficient (Wildman–Crippen LogP) is 3.78. The summed E-state index contributed by atoms with van der Waals surface area (Å²) in [6.07, 6.45) is 0. The normalized spacial score (nSPS) is 10.3. The predicted molar refractivity (Wildman–Crippen MR) is 110 cm³/mol. The van der Waals surface area contributed by atoms with Crippen LogP contribution in [-0.2, 0) is 14.3 Å². The molecule has 0 saturated heterocycles. The highest BCUT2D eigenvalue weighted by molar-refractivity contribution is 6.02. The van der Waals surface area contributed by atoms with E-state index in [1.807, 2.05) is 32.9 Å². The second kappa shape index (κ2) is 9.17. The van der Waals surface area contributed by atoms with E-state index in [-0.39, 0.29) is 25.0 Å². The SMILES string of the molecule is CCOC(=O)c1ccc(N(CC(=O)Nc2c(C)cc(C)cc2C)C(C)=O)cc1. The molecule has 0 bridgehead atoms. The summed E-state index contributed by atoms with van der Waals surface area (Å²) in [6, 6.07) is 10.4. The van der Waals surface area contributed by atoms with E-state index in [2.05, 4.69) is 5.32 Å². The molecule has 0 fully saturated rings. The molecule has 148 valence electrons. The molecule has 2 aromatic rings. The Morgan fingerprint density at radius 2 is 1.57 bits per heavy atom. The minimum absolute atomic E-state index is 0.124. The Bertz CT molecular complexity index is 865. The van der Waals surface area contributed by atoms with Crippen molar-refractivity contribution >= 4 is 29.2 Å². The topological polar surface area (TPSA) is 75.7 Å². The largest absolute Gasteiger partial charge is 0.462 e. The molecule has 2 rings (SSSR count). The van der Waals surface area contributed by atoms with Gasteiger partial charge in [-0.1, -0.05) is 17.7 Å². The van der Waals surface area contributed by atoms with E-state index in [0.717, 1.165) is 22.4 Å². The van der Waals surface area contributed by atoms with Gasteiger partial charge in [0.2, 0.25) is 11.8 Å². The quantitative estimate of drug-likeness (QED) is 0.772. The van der Waals surface area contributed by atoms with Gasteiger partial charge in [0.1, 0.15) is 6.54 Å². The molecule has 0 unspecified atom stereocenters. The van der Waals surface area contributed by atoms with Crippen molar-refractivity contribution in [2.45, 2.75) is 34.6 Å². The molecule has 6 nitrogen and oxygen atoms in total. The number of hydrogen-bond donors (Lipinski definition) is 1. The van der Waals surface area contributed by atoms with Crippen molar-refractivity contribution in [2.75, 3.05) is 23.4 Å². The molecule has 0 spiro atoms. The smallest absolute Gasteiger partial charge is 0.338 e. The fourth-order valence-corrected chi connectivity index (χ4v) is 3.08. The highest BCUT2D eigenvalue weighted by Gasteiger charge is 2.18. The van der Waals surface area contributed by atoms with Crippen molar-refractivity contribution in [3.05, 3.63) is 58.7 Å². The van der Waals surface area contributed by atoms with E-state index in [1.54, 1.807) is 31.2 Å². The Labute approximate surface area is 165 Å². The van der Waals surface area contributed by atoms with Crippen LogP contribution in [0.5, 0.6) is 0 Å². The molecule has 2 amide bonds. The minimum atomic E-state index is -0.425. The number of anilines is 2. The summed E-state index contributed by atoms with van der Waals surface area (Å²) in [5, 5.41) is 2.90. The van der Waals surface area contributed by atoms with Crippen LogP contribution in [0.4, 0.5) is 11.4 Å². The molecular formula is C22H26N2O4. The first kappa shape index (κ1) is 21.2. The van der Waals surface area contributed by atoms with Crippen LogP contribution in [0.3, 0.4) is 0 Å². The lowest BCUT2D eigenvalue weighted by atomic mass is 10.1. The van der Waals surface area contributed by atoms with Crippen LogP contribution in [-0.4, -0.2) is 30.9 Å². The average Bonchev–Trinajstić information content (AvgIpc) is 2.63. The Morgan fingerprint density at radius 1 is 1.00 bits per heavy atom. The molecule has 0 radical (unpaired) electrons. The number of amides is 2. The van der Waals surface area contributed by atoms with Crippen LogP contribution in [0.25, 0.3) is 0 Å². The molecule has 0 saturated carbocycles. The Balaban J connectivity index is 2.16. The Hall–Kier alpha value is -3.15. The standard InChI is InChI=1S/C22H26N2O4/c1-6-28-22(27)18-7-9-19(10-8-18)24(17(5)25)13-20(26)23-21-15(3)11-14(2)12-16(21)4/h7-12H,6,13H2,1-5H3,(H,23,26). The monoisotopic (exact) mass is 382 g/mol. The zero-order chi connectivity index (χ0) is 20.8. The third-order valence-electron chi connectivity index (χ3n) is 4.31. The Morgan fingerprint density at radius 3 is 2.07 bits per heavy atom. The maximum Gasteiger partial charge on any atom is 0.338 e. The third-order valence-corrected chi connectivity index (χ3v) is 4.31. The molecule has 0 aromatic heterocycles. The van der Waals surface area contributed by atoms with Gasteiger partial charge >= 0.3 is 5.97 Å². The van der Waals surface area contributed by atoms with Crippen molar-refractivity contribution < 1.29 is 19.1 Å². The molecule has 2 aromatic carbocycles. The van der Waals surface area contributed by atoms with Crippen molar-refractivity contribution in [2.24, 2.45) is 0 Å². The summed E-state index contributed by atoms with van der Waals surface area (Å²) < 4.78 is 4.95. The van der Waals surface area contributed by atoms with E-state index in [4.69, 9.17) is 4.74 Å². The van der Waals surface area contributed by atoms with Crippen LogP contribution >= 0.6 is 0 Å². The number of carbonyl (C=O) groups excluding carboxylic acids is 3. The van der Waals surface area contributed by atoms with Gasteiger partial charge in [-0.25, -0.2) is 4.79 Å². The first-order valence-corrected chi connectivity index (χ1v) is 9.16. The molecule has 0 aliphatic carbocycles. The molecule has 0 heterocycles. The van der Waals surface area contributed by atoms with Gasteiger partial charge in [0.25, 0.3) is 0 Å². The van der Waals surface area contributed by atoms with Gasteiger partial charge in [0.05, 0.1) is 12.2 Å². The lowest BCUT2D eigenvalue weighted by Gasteiger charge is -2.22. The molecule has 1 N–H and O–H groups in total. The zero-order valence-corrected chi connectivity index (χ0v) is 17.0. The number of ether oxygens (including phenoxy) is 1. The number of rotatable bonds is 6. The summed E-state index contributed by atoms with van der Waals surface area (Å²) in [5.74, 6) is -0.984. The van der Waals surface area contributed by atoms with E-state index in [1.165, 1.54) is 11.8 Å². The molecule has 6 heteroatoms. The molecule has 0 atom stereocenters. The molecular weight excluding hydrogens is 356 g/mol. The van der Waals surface area contributed by atoms with Crippen LogP contribution in [0.15, 0.2) is 36.4 Å². The summed E-state index contributed by atoms with van der Waals surface area (Å²) in [4.78, 5) is 37.8. The van der Waals surface area contributed by atoms with Gasteiger partial charge in [0.15, 0.2) is 0 Å². The highest BCUT2D eigenvalue weighted by atomic mass is 16.5. The van der Waals surface area contributed by atoms with E-state index in [0.29, 0.717) is 11.3 Å². The maximum absolute atomic E-state index is 12.6. The summed E-state index contributed by atoms with van der Waals surface area (Å²) in [7, 11) is 0. The van der Waals surface area contributed by atoms with Crippen LogP contribution < -0.4 is 10.2 Å². The average molecular weight is 382 g/mol. The van der Waals surface area contributed by atoms with Gasteiger partial charge in [-0.05, 0) is 63.1 Å².